The average Bonchev–Trinajstić information content (AvgIpc) is 2.36. The number of carboxylic acid groups (broad SMARTS) is 3. The van der Waals surface area contributed by atoms with Crippen LogP contribution in [-0.2, 0) is 0 Å². The molecule has 8 N–H and O–H groups in total. The number of hydrogen-bond donors (Lipinski definition) is 6. The third-order valence-corrected chi connectivity index (χ3v) is 1.97. The molecule has 1 aromatic rings. The van der Waals surface area contributed by atoms with Gasteiger partial charge >= 0.3 is 30.0 Å². The Morgan fingerprint density at radius 1 is 0.773 bits per heavy atom. The van der Waals surface area contributed by atoms with E-state index in [0.717, 1.165) is 18.2 Å². The van der Waals surface area contributed by atoms with Crippen LogP contribution >= 0.6 is 0 Å². The quantitative estimate of drug-likeness (QED) is 0.427. The van der Waals surface area contributed by atoms with E-state index in [1.54, 1.807) is 5.32 Å². The summed E-state index contributed by atoms with van der Waals surface area (Å²) in [5.74, 6) is -4.20. The lowest BCUT2D eigenvalue weighted by Gasteiger charge is -2.02. The van der Waals surface area contributed by atoms with Gasteiger partial charge in [-0.25, -0.2) is 24.0 Å². The van der Waals surface area contributed by atoms with Gasteiger partial charge in [0, 0.05) is 0 Å². The molecular formula is C11H11N3O8. The standard InChI is InChI=1S/C9H6O6.C2H5N3O2/c10-7(11)4-1-2-5(8(12)13)6(3-4)9(14)15;3-1(6)5-2(4)7/h1-3H,(H,10,11)(H,12,13)(H,14,15);(H5,3,4,5,6,7). The highest BCUT2D eigenvalue weighted by Crippen LogP contribution is 2.12. The molecule has 0 heterocycles. The minimum atomic E-state index is -1.48. The van der Waals surface area contributed by atoms with Gasteiger partial charge in [0.25, 0.3) is 0 Å². The summed E-state index contributed by atoms with van der Waals surface area (Å²) in [6.45, 7) is 0. The molecule has 0 spiro atoms. The summed E-state index contributed by atoms with van der Waals surface area (Å²) < 4.78 is 0. The largest absolute Gasteiger partial charge is 0.478 e. The summed E-state index contributed by atoms with van der Waals surface area (Å²) in [6, 6.07) is 0.932. The predicted molar refractivity (Wildman–Crippen MR) is 69.6 cm³/mol. The third kappa shape index (κ3) is 6.01. The molecule has 1 aromatic carbocycles. The smallest absolute Gasteiger partial charge is 0.336 e. The van der Waals surface area contributed by atoms with Crippen molar-refractivity contribution < 1.29 is 39.3 Å². The fraction of sp³-hybridized carbons (Fsp3) is 0. The van der Waals surface area contributed by atoms with Gasteiger partial charge in [0.1, 0.15) is 0 Å². The maximum Gasteiger partial charge on any atom is 0.336 e. The minimum Gasteiger partial charge on any atom is -0.478 e. The maximum absolute atomic E-state index is 10.6. The Bertz CT molecular complexity index is 628. The molecule has 22 heavy (non-hydrogen) atoms. The highest BCUT2D eigenvalue weighted by atomic mass is 16.4. The summed E-state index contributed by atoms with van der Waals surface area (Å²) in [5.41, 5.74) is 7.64. The van der Waals surface area contributed by atoms with Crippen LogP contribution in [0.25, 0.3) is 0 Å². The van der Waals surface area contributed by atoms with Gasteiger partial charge in [-0.2, -0.15) is 0 Å². The number of amides is 4. The molecule has 1 rings (SSSR count). The van der Waals surface area contributed by atoms with Crippen LogP contribution in [0.2, 0.25) is 0 Å². The number of rotatable bonds is 3. The van der Waals surface area contributed by atoms with Crippen molar-refractivity contribution in [3.63, 3.8) is 0 Å². The van der Waals surface area contributed by atoms with Crippen molar-refractivity contribution in [2.75, 3.05) is 0 Å². The highest BCUT2D eigenvalue weighted by Gasteiger charge is 2.17. The van der Waals surface area contributed by atoms with Crippen molar-refractivity contribution >= 4 is 30.0 Å². The second-order valence-corrected chi connectivity index (χ2v) is 3.53. The van der Waals surface area contributed by atoms with Crippen LogP contribution in [0.1, 0.15) is 31.1 Å². The van der Waals surface area contributed by atoms with Crippen LogP contribution in [-0.4, -0.2) is 45.3 Å². The molecule has 0 aliphatic carbocycles. The van der Waals surface area contributed by atoms with E-state index < -0.39 is 41.1 Å². The molecule has 0 bridgehead atoms. The Kier molecular flexibility index (Phi) is 6.54. The number of imide groups is 1. The molecule has 0 aliphatic heterocycles. The molecule has 0 aromatic heterocycles. The first kappa shape index (κ1) is 18.4. The number of carbonyl (C=O) groups excluding carboxylic acids is 2. The average molecular weight is 313 g/mol. The van der Waals surface area contributed by atoms with Gasteiger partial charge in [-0.3, -0.25) is 5.32 Å². The van der Waals surface area contributed by atoms with Crippen LogP contribution in [0.5, 0.6) is 0 Å². The van der Waals surface area contributed by atoms with E-state index in [2.05, 4.69) is 11.5 Å². The van der Waals surface area contributed by atoms with Gasteiger partial charge in [-0.1, -0.05) is 0 Å². The van der Waals surface area contributed by atoms with E-state index in [1.807, 2.05) is 0 Å². The number of primary amides is 2. The molecule has 0 saturated carbocycles. The van der Waals surface area contributed by atoms with E-state index in [1.165, 1.54) is 0 Å². The summed E-state index contributed by atoms with van der Waals surface area (Å²) in [6.07, 6.45) is 0. The number of benzene rings is 1. The molecular weight excluding hydrogens is 302 g/mol. The number of urea groups is 2. The van der Waals surface area contributed by atoms with Crippen LogP contribution in [0.15, 0.2) is 18.2 Å². The van der Waals surface area contributed by atoms with Gasteiger partial charge in [-0.05, 0) is 18.2 Å². The second-order valence-electron chi connectivity index (χ2n) is 3.53. The van der Waals surface area contributed by atoms with E-state index in [9.17, 15) is 24.0 Å². The Labute approximate surface area is 122 Å². The zero-order valence-corrected chi connectivity index (χ0v) is 10.8. The van der Waals surface area contributed by atoms with E-state index in [0.29, 0.717) is 0 Å². The number of nitrogens with two attached hydrogens (primary N) is 2. The molecule has 0 saturated heterocycles. The zero-order valence-electron chi connectivity index (χ0n) is 10.8. The van der Waals surface area contributed by atoms with Crippen LogP contribution < -0.4 is 16.8 Å². The SMILES string of the molecule is NC(=O)NC(N)=O.O=C(O)c1ccc(C(=O)O)c(C(=O)O)c1. The topological polar surface area (TPSA) is 210 Å². The number of aromatic carboxylic acids is 3. The summed E-state index contributed by atoms with van der Waals surface area (Å²) in [7, 11) is 0. The highest BCUT2D eigenvalue weighted by molar-refractivity contribution is 6.03. The normalized spacial score (nSPS) is 8.91. The van der Waals surface area contributed by atoms with Gasteiger partial charge < -0.3 is 26.8 Å². The Morgan fingerprint density at radius 3 is 1.50 bits per heavy atom. The van der Waals surface area contributed by atoms with Crippen LogP contribution in [0, 0.1) is 0 Å². The van der Waals surface area contributed by atoms with E-state index >= 15 is 0 Å². The van der Waals surface area contributed by atoms with Crippen molar-refractivity contribution in [2.24, 2.45) is 11.5 Å². The Hall–Kier alpha value is -3.63. The van der Waals surface area contributed by atoms with Crippen molar-refractivity contribution in [1.29, 1.82) is 0 Å². The fourth-order valence-corrected chi connectivity index (χ4v) is 1.16. The Balaban J connectivity index is 0.000000534. The van der Waals surface area contributed by atoms with E-state index in [-0.39, 0.29) is 5.56 Å². The van der Waals surface area contributed by atoms with Crippen molar-refractivity contribution in [3.8, 4) is 0 Å². The summed E-state index contributed by atoms with van der Waals surface area (Å²) >= 11 is 0. The molecule has 0 atom stereocenters. The summed E-state index contributed by atoms with van der Waals surface area (Å²) in [4.78, 5) is 51.0. The summed E-state index contributed by atoms with van der Waals surface area (Å²) in [5, 5.41) is 27.5. The molecule has 4 amide bonds. The molecule has 0 fully saturated rings. The van der Waals surface area contributed by atoms with Gasteiger partial charge in [0.15, 0.2) is 0 Å². The van der Waals surface area contributed by atoms with Crippen molar-refractivity contribution in [3.05, 3.63) is 34.9 Å². The lowest BCUT2D eigenvalue weighted by atomic mass is 10.0. The van der Waals surface area contributed by atoms with Crippen LogP contribution in [0.3, 0.4) is 0 Å². The maximum atomic E-state index is 10.6. The fourth-order valence-electron chi connectivity index (χ4n) is 1.16. The lowest BCUT2D eigenvalue weighted by Crippen LogP contribution is -2.38. The molecule has 0 unspecified atom stereocenters. The minimum absolute atomic E-state index is 0.266. The molecule has 11 heteroatoms. The second kappa shape index (κ2) is 7.84. The van der Waals surface area contributed by atoms with Gasteiger partial charge in [-0.15, -0.1) is 0 Å². The first-order chi connectivity index (χ1) is 10.1. The lowest BCUT2D eigenvalue weighted by molar-refractivity contribution is 0.0649. The molecule has 0 radical (unpaired) electrons. The monoisotopic (exact) mass is 313 g/mol. The molecule has 118 valence electrons. The van der Waals surface area contributed by atoms with Gasteiger partial charge in [0.2, 0.25) is 0 Å². The number of carbonyl (C=O) groups is 5. The first-order valence-electron chi connectivity index (χ1n) is 5.26. The predicted octanol–water partition coefficient (Wildman–Crippen LogP) is -0.485. The number of hydrogen-bond acceptors (Lipinski definition) is 5. The zero-order chi connectivity index (χ0) is 17.4. The third-order valence-electron chi connectivity index (χ3n) is 1.97. The van der Waals surface area contributed by atoms with Gasteiger partial charge in [0.05, 0.1) is 16.7 Å². The van der Waals surface area contributed by atoms with Crippen molar-refractivity contribution in [1.82, 2.24) is 5.32 Å². The number of nitrogens with one attached hydrogen (secondary N) is 1. The molecule has 0 aliphatic rings. The molecule has 11 nitrogen and oxygen atoms in total. The van der Waals surface area contributed by atoms with Crippen molar-refractivity contribution in [2.45, 2.75) is 0 Å². The number of carboxylic acids is 3. The van der Waals surface area contributed by atoms with E-state index in [4.69, 9.17) is 15.3 Å². The van der Waals surface area contributed by atoms with Crippen LogP contribution in [0.4, 0.5) is 9.59 Å². The Morgan fingerprint density at radius 2 is 1.23 bits per heavy atom. The first-order valence-corrected chi connectivity index (χ1v) is 5.26.